The summed E-state index contributed by atoms with van der Waals surface area (Å²) >= 11 is 0. The van der Waals surface area contributed by atoms with Crippen LogP contribution in [0.15, 0.2) is 60.8 Å². The lowest BCUT2D eigenvalue weighted by Gasteiger charge is -2.32. The molecular formula is C26H33N3O. The number of fused-ring (bicyclic) bond motifs is 1. The summed E-state index contributed by atoms with van der Waals surface area (Å²) in [5.74, 6) is 0.671. The number of nitrogens with zero attached hydrogens (tertiary/aromatic N) is 2. The molecule has 4 rings (SSSR count). The van der Waals surface area contributed by atoms with Gasteiger partial charge < -0.3 is 14.8 Å². The monoisotopic (exact) mass is 403 g/mol. The Kier molecular flexibility index (Phi) is 6.53. The van der Waals surface area contributed by atoms with Crippen molar-refractivity contribution in [2.24, 2.45) is 5.92 Å². The topological polar surface area (TPSA) is 37.3 Å². The molecule has 0 saturated carbocycles. The van der Waals surface area contributed by atoms with Crippen molar-refractivity contribution < 1.29 is 4.79 Å². The minimum atomic E-state index is 0.00132. The van der Waals surface area contributed by atoms with Gasteiger partial charge in [-0.15, -0.1) is 0 Å². The number of hydrogen-bond acceptors (Lipinski definition) is 2. The fourth-order valence-corrected chi connectivity index (χ4v) is 4.45. The second kappa shape index (κ2) is 9.48. The van der Waals surface area contributed by atoms with E-state index in [0.29, 0.717) is 5.92 Å². The first-order chi connectivity index (χ1) is 14.6. The van der Waals surface area contributed by atoms with Crippen LogP contribution in [0.1, 0.15) is 44.6 Å². The predicted molar refractivity (Wildman–Crippen MR) is 125 cm³/mol. The normalized spacial score (nSPS) is 15.7. The lowest BCUT2D eigenvalue weighted by Crippen LogP contribution is -2.34. The van der Waals surface area contributed by atoms with Gasteiger partial charge in [0.15, 0.2) is 0 Å². The number of para-hydroxylation sites is 1. The highest BCUT2D eigenvalue weighted by molar-refractivity contribution is 5.92. The molecule has 1 saturated heterocycles. The fraction of sp³-hybridized carbons (Fsp3) is 0.423. The minimum absolute atomic E-state index is 0.00132. The molecule has 2 aromatic carbocycles. The maximum absolute atomic E-state index is 12.0. The van der Waals surface area contributed by atoms with Crippen LogP contribution in [0, 0.1) is 5.92 Å². The number of aromatic nitrogens is 1. The number of likely N-dealkylation sites (tertiary alicyclic amines) is 1. The fourth-order valence-electron chi connectivity index (χ4n) is 4.45. The van der Waals surface area contributed by atoms with Crippen LogP contribution >= 0.6 is 0 Å². The molecule has 0 spiro atoms. The van der Waals surface area contributed by atoms with Crippen LogP contribution in [-0.4, -0.2) is 35.0 Å². The summed E-state index contributed by atoms with van der Waals surface area (Å²) in [6.07, 6.45) is 5.77. The zero-order valence-corrected chi connectivity index (χ0v) is 18.2. The summed E-state index contributed by atoms with van der Waals surface area (Å²) in [6.45, 7) is 8.38. The van der Waals surface area contributed by atoms with Crippen molar-refractivity contribution in [2.75, 3.05) is 25.0 Å². The van der Waals surface area contributed by atoms with E-state index >= 15 is 0 Å². The van der Waals surface area contributed by atoms with Crippen LogP contribution in [0.3, 0.4) is 0 Å². The summed E-state index contributed by atoms with van der Waals surface area (Å²) in [6, 6.07) is 19.2. The molecule has 1 fully saturated rings. The zero-order chi connectivity index (χ0) is 20.9. The lowest BCUT2D eigenvalue weighted by atomic mass is 9.89. The Balaban J connectivity index is 1.25. The quantitative estimate of drug-likeness (QED) is 0.565. The first-order valence-corrected chi connectivity index (χ1v) is 11.3. The average molecular weight is 404 g/mol. The maximum Gasteiger partial charge on any atom is 0.226 e. The zero-order valence-electron chi connectivity index (χ0n) is 18.2. The van der Waals surface area contributed by atoms with Gasteiger partial charge in [0.25, 0.3) is 0 Å². The number of piperidine rings is 1. The predicted octanol–water partition coefficient (Wildman–Crippen LogP) is 5.51. The number of anilines is 1. The molecule has 0 atom stereocenters. The molecule has 1 aromatic heterocycles. The molecule has 2 heterocycles. The van der Waals surface area contributed by atoms with E-state index in [9.17, 15) is 4.79 Å². The molecule has 3 aromatic rings. The molecule has 30 heavy (non-hydrogen) atoms. The summed E-state index contributed by atoms with van der Waals surface area (Å²) in [4.78, 5) is 14.6. The molecule has 4 heteroatoms. The largest absolute Gasteiger partial charge is 0.347 e. The van der Waals surface area contributed by atoms with Crippen LogP contribution in [0.4, 0.5) is 5.69 Å². The van der Waals surface area contributed by atoms with Crippen molar-refractivity contribution in [3.63, 3.8) is 0 Å². The molecule has 0 unspecified atom stereocenters. The Morgan fingerprint density at radius 3 is 2.63 bits per heavy atom. The van der Waals surface area contributed by atoms with E-state index in [-0.39, 0.29) is 11.8 Å². The molecule has 1 aliphatic rings. The summed E-state index contributed by atoms with van der Waals surface area (Å²) < 4.78 is 2.37. The molecule has 1 aliphatic heterocycles. The molecular weight excluding hydrogens is 370 g/mol. The van der Waals surface area contributed by atoms with Gasteiger partial charge in [-0.25, -0.2) is 0 Å². The summed E-state index contributed by atoms with van der Waals surface area (Å²) in [5.41, 5.74) is 3.61. The van der Waals surface area contributed by atoms with E-state index in [4.69, 9.17) is 0 Å². The van der Waals surface area contributed by atoms with Crippen molar-refractivity contribution in [1.82, 2.24) is 9.47 Å². The van der Waals surface area contributed by atoms with Gasteiger partial charge in [-0.1, -0.05) is 44.2 Å². The van der Waals surface area contributed by atoms with Crippen molar-refractivity contribution in [3.05, 3.63) is 66.4 Å². The van der Waals surface area contributed by atoms with Crippen molar-refractivity contribution in [1.29, 1.82) is 0 Å². The van der Waals surface area contributed by atoms with Crippen LogP contribution in [0.25, 0.3) is 10.9 Å². The number of carbonyl (C=O) groups excluding carboxylic acids is 1. The molecule has 0 aliphatic carbocycles. The lowest BCUT2D eigenvalue weighted by molar-refractivity contribution is -0.118. The van der Waals surface area contributed by atoms with Crippen LogP contribution in [-0.2, 0) is 11.3 Å². The number of rotatable bonds is 7. The van der Waals surface area contributed by atoms with Gasteiger partial charge in [0, 0.05) is 29.9 Å². The number of nitrogens with one attached hydrogen (secondary N) is 1. The highest BCUT2D eigenvalue weighted by Gasteiger charge is 2.20. The average Bonchev–Trinajstić information content (AvgIpc) is 3.17. The van der Waals surface area contributed by atoms with Gasteiger partial charge in [-0.3, -0.25) is 4.79 Å². The molecule has 1 N–H and O–H groups in total. The Bertz CT molecular complexity index is 983. The Labute approximate surface area is 179 Å². The summed E-state index contributed by atoms with van der Waals surface area (Å²) in [5, 5.41) is 4.36. The molecule has 158 valence electrons. The molecule has 4 nitrogen and oxygen atoms in total. The number of carbonyl (C=O) groups is 1. The standard InChI is InChI=1S/C26H33N3O/c1-20(2)26(30)27-24-9-5-8-23(19-24)21-11-16-28(17-12-21)14-6-15-29-18-13-22-7-3-4-10-25(22)29/h3-5,7-10,13,18-21H,6,11-12,14-17H2,1-2H3,(H,27,30). The summed E-state index contributed by atoms with van der Waals surface area (Å²) in [7, 11) is 0. The molecule has 0 bridgehead atoms. The van der Waals surface area contributed by atoms with Gasteiger partial charge in [0.2, 0.25) is 5.91 Å². The molecule has 0 radical (unpaired) electrons. The van der Waals surface area contributed by atoms with Gasteiger partial charge in [0.05, 0.1) is 0 Å². The van der Waals surface area contributed by atoms with E-state index in [1.165, 1.54) is 35.7 Å². The first kappa shape index (κ1) is 20.7. The SMILES string of the molecule is CC(C)C(=O)Nc1cccc(C2CCN(CCCn3ccc4ccccc43)CC2)c1. The highest BCUT2D eigenvalue weighted by atomic mass is 16.1. The van der Waals surface area contributed by atoms with Gasteiger partial charge >= 0.3 is 0 Å². The third-order valence-corrected chi connectivity index (χ3v) is 6.29. The van der Waals surface area contributed by atoms with Crippen LogP contribution < -0.4 is 5.32 Å². The van der Waals surface area contributed by atoms with Gasteiger partial charge in [-0.05, 0) is 80.0 Å². The maximum atomic E-state index is 12.0. The number of amides is 1. The number of hydrogen-bond donors (Lipinski definition) is 1. The van der Waals surface area contributed by atoms with E-state index < -0.39 is 0 Å². The first-order valence-electron chi connectivity index (χ1n) is 11.3. The van der Waals surface area contributed by atoms with E-state index in [1.54, 1.807) is 0 Å². The smallest absolute Gasteiger partial charge is 0.226 e. The number of aryl methyl sites for hydroxylation is 1. The number of benzene rings is 2. The van der Waals surface area contributed by atoms with E-state index in [2.05, 4.69) is 69.5 Å². The second-order valence-electron chi connectivity index (χ2n) is 8.81. The Hall–Kier alpha value is -2.59. The van der Waals surface area contributed by atoms with Crippen LogP contribution in [0.5, 0.6) is 0 Å². The second-order valence-corrected chi connectivity index (χ2v) is 8.81. The van der Waals surface area contributed by atoms with E-state index in [0.717, 1.165) is 31.9 Å². The van der Waals surface area contributed by atoms with Gasteiger partial charge in [-0.2, -0.15) is 0 Å². The highest BCUT2D eigenvalue weighted by Crippen LogP contribution is 2.29. The third-order valence-electron chi connectivity index (χ3n) is 6.29. The van der Waals surface area contributed by atoms with Crippen molar-refractivity contribution in [2.45, 2.75) is 45.6 Å². The van der Waals surface area contributed by atoms with Crippen LogP contribution in [0.2, 0.25) is 0 Å². The third kappa shape index (κ3) is 4.93. The molecule has 1 amide bonds. The van der Waals surface area contributed by atoms with Crippen molar-refractivity contribution >= 4 is 22.5 Å². The Morgan fingerprint density at radius 1 is 1.03 bits per heavy atom. The van der Waals surface area contributed by atoms with Crippen molar-refractivity contribution in [3.8, 4) is 0 Å². The van der Waals surface area contributed by atoms with E-state index in [1.807, 2.05) is 19.9 Å². The van der Waals surface area contributed by atoms with Gasteiger partial charge in [0.1, 0.15) is 0 Å². The Morgan fingerprint density at radius 2 is 1.83 bits per heavy atom. The minimum Gasteiger partial charge on any atom is -0.347 e.